The van der Waals surface area contributed by atoms with Gasteiger partial charge in [-0.05, 0) is 49.4 Å². The van der Waals surface area contributed by atoms with Crippen molar-refractivity contribution in [3.63, 3.8) is 0 Å². The Morgan fingerprint density at radius 2 is 2.07 bits per heavy atom. The van der Waals surface area contributed by atoms with E-state index in [1.807, 2.05) is 0 Å². The standard InChI is InChI=1S/C11H18N2O/c12-10(14)5-13-9-4-8-6-1-2-7(3-6)11(8)9/h6-9,11,13H,1-5H2,(H2,12,14). The van der Waals surface area contributed by atoms with Crippen LogP contribution in [0.1, 0.15) is 25.7 Å². The maximum absolute atomic E-state index is 10.7. The predicted octanol–water partition coefficient (Wildman–Crippen LogP) is 0.496. The fourth-order valence-corrected chi connectivity index (χ4v) is 4.14. The lowest BCUT2D eigenvalue weighted by molar-refractivity contribution is -0.117. The van der Waals surface area contributed by atoms with Crippen LogP contribution in [0.3, 0.4) is 0 Å². The number of rotatable bonds is 3. The molecule has 0 saturated heterocycles. The molecular weight excluding hydrogens is 176 g/mol. The van der Waals surface area contributed by atoms with Crippen molar-refractivity contribution in [2.24, 2.45) is 29.4 Å². The van der Waals surface area contributed by atoms with Crippen molar-refractivity contribution in [3.05, 3.63) is 0 Å². The van der Waals surface area contributed by atoms with Gasteiger partial charge in [-0.1, -0.05) is 0 Å². The van der Waals surface area contributed by atoms with E-state index >= 15 is 0 Å². The van der Waals surface area contributed by atoms with Crippen molar-refractivity contribution >= 4 is 5.91 Å². The molecule has 2 bridgehead atoms. The second-order valence-electron chi connectivity index (χ2n) is 5.26. The molecule has 1 amide bonds. The quantitative estimate of drug-likeness (QED) is 0.687. The van der Waals surface area contributed by atoms with Gasteiger partial charge in [-0.2, -0.15) is 0 Å². The molecule has 3 nitrogen and oxygen atoms in total. The molecule has 14 heavy (non-hydrogen) atoms. The molecule has 0 radical (unpaired) electrons. The van der Waals surface area contributed by atoms with E-state index in [0.29, 0.717) is 12.6 Å². The van der Waals surface area contributed by atoms with Gasteiger partial charge in [0.1, 0.15) is 0 Å². The van der Waals surface area contributed by atoms with Crippen molar-refractivity contribution < 1.29 is 4.79 Å². The van der Waals surface area contributed by atoms with E-state index in [-0.39, 0.29) is 5.91 Å². The maximum atomic E-state index is 10.7. The fourth-order valence-electron chi connectivity index (χ4n) is 4.14. The lowest BCUT2D eigenvalue weighted by atomic mass is 9.62. The summed E-state index contributed by atoms with van der Waals surface area (Å²) in [5.74, 6) is 3.63. The monoisotopic (exact) mass is 194 g/mol. The molecular formula is C11H18N2O. The summed E-state index contributed by atoms with van der Waals surface area (Å²) >= 11 is 0. The lowest BCUT2D eigenvalue weighted by Crippen LogP contribution is -2.54. The molecule has 5 unspecified atom stereocenters. The van der Waals surface area contributed by atoms with Gasteiger partial charge in [0.25, 0.3) is 0 Å². The number of carbonyl (C=O) groups is 1. The molecule has 0 aromatic heterocycles. The van der Waals surface area contributed by atoms with Crippen LogP contribution in [0, 0.1) is 23.7 Å². The summed E-state index contributed by atoms with van der Waals surface area (Å²) in [6.45, 7) is 0.366. The molecule has 0 spiro atoms. The van der Waals surface area contributed by atoms with E-state index in [0.717, 1.165) is 23.7 Å². The van der Waals surface area contributed by atoms with Crippen molar-refractivity contribution in [1.82, 2.24) is 5.32 Å². The molecule has 3 aliphatic rings. The van der Waals surface area contributed by atoms with Crippen LogP contribution in [0.5, 0.6) is 0 Å². The number of fused-ring (bicyclic) bond motifs is 5. The topological polar surface area (TPSA) is 55.1 Å². The predicted molar refractivity (Wildman–Crippen MR) is 53.4 cm³/mol. The number of amides is 1. The molecule has 0 aromatic rings. The normalized spacial score (nSPS) is 48.7. The minimum atomic E-state index is -0.225. The molecule has 0 heterocycles. The Bertz CT molecular complexity index is 264. The van der Waals surface area contributed by atoms with E-state index < -0.39 is 0 Å². The number of primary amides is 1. The summed E-state index contributed by atoms with van der Waals surface area (Å²) in [5, 5.41) is 3.30. The van der Waals surface area contributed by atoms with Crippen LogP contribution < -0.4 is 11.1 Å². The van der Waals surface area contributed by atoms with Crippen LogP contribution in [-0.2, 0) is 4.79 Å². The zero-order valence-electron chi connectivity index (χ0n) is 8.41. The first kappa shape index (κ1) is 8.72. The first-order valence-corrected chi connectivity index (χ1v) is 5.77. The number of nitrogens with two attached hydrogens (primary N) is 1. The van der Waals surface area contributed by atoms with Crippen LogP contribution >= 0.6 is 0 Å². The van der Waals surface area contributed by atoms with Gasteiger partial charge in [-0.15, -0.1) is 0 Å². The fraction of sp³-hybridized carbons (Fsp3) is 0.909. The third-order valence-corrected chi connectivity index (χ3v) is 4.69. The van der Waals surface area contributed by atoms with Gasteiger partial charge in [-0.3, -0.25) is 4.79 Å². The summed E-state index contributed by atoms with van der Waals surface area (Å²) in [6, 6.07) is 0.600. The highest BCUT2D eigenvalue weighted by atomic mass is 16.1. The summed E-state index contributed by atoms with van der Waals surface area (Å²) in [7, 11) is 0. The Kier molecular flexibility index (Phi) is 1.84. The highest BCUT2D eigenvalue weighted by Crippen LogP contribution is 2.60. The largest absolute Gasteiger partial charge is 0.369 e. The van der Waals surface area contributed by atoms with Crippen molar-refractivity contribution in [3.8, 4) is 0 Å². The third kappa shape index (κ3) is 1.11. The zero-order chi connectivity index (χ0) is 9.71. The van der Waals surface area contributed by atoms with E-state index in [2.05, 4.69) is 5.32 Å². The van der Waals surface area contributed by atoms with Crippen molar-refractivity contribution in [1.29, 1.82) is 0 Å². The first-order valence-electron chi connectivity index (χ1n) is 5.77. The molecule has 3 heteroatoms. The molecule has 3 fully saturated rings. The van der Waals surface area contributed by atoms with Gasteiger partial charge >= 0.3 is 0 Å². The van der Waals surface area contributed by atoms with Crippen molar-refractivity contribution in [2.75, 3.05) is 6.54 Å². The molecule has 78 valence electrons. The van der Waals surface area contributed by atoms with E-state index in [4.69, 9.17) is 5.73 Å². The van der Waals surface area contributed by atoms with Gasteiger partial charge in [0.2, 0.25) is 5.91 Å². The number of hydrogen-bond donors (Lipinski definition) is 2. The van der Waals surface area contributed by atoms with Gasteiger partial charge in [0, 0.05) is 6.04 Å². The van der Waals surface area contributed by atoms with Gasteiger partial charge in [0.15, 0.2) is 0 Å². The smallest absolute Gasteiger partial charge is 0.231 e. The first-order chi connectivity index (χ1) is 6.75. The SMILES string of the molecule is NC(=O)CNC1CC2C3CCC(C3)C12. The van der Waals surface area contributed by atoms with Crippen LogP contribution in [0.25, 0.3) is 0 Å². The third-order valence-electron chi connectivity index (χ3n) is 4.69. The molecule has 3 saturated carbocycles. The Morgan fingerprint density at radius 3 is 2.79 bits per heavy atom. The molecule has 5 atom stereocenters. The van der Waals surface area contributed by atoms with Crippen LogP contribution in [0.4, 0.5) is 0 Å². The number of carbonyl (C=O) groups excluding carboxylic acids is 1. The minimum absolute atomic E-state index is 0.225. The Morgan fingerprint density at radius 1 is 1.29 bits per heavy atom. The van der Waals surface area contributed by atoms with Crippen LogP contribution in [0.15, 0.2) is 0 Å². The molecule has 3 rings (SSSR count). The zero-order valence-corrected chi connectivity index (χ0v) is 8.41. The Balaban J connectivity index is 1.58. The summed E-state index contributed by atoms with van der Waals surface area (Å²) in [6.07, 6.45) is 5.65. The second kappa shape index (κ2) is 2.96. The maximum Gasteiger partial charge on any atom is 0.231 e. The molecule has 3 N–H and O–H groups in total. The van der Waals surface area contributed by atoms with E-state index in [9.17, 15) is 4.79 Å². The average molecular weight is 194 g/mol. The highest BCUT2D eigenvalue weighted by Gasteiger charge is 2.56. The summed E-state index contributed by atoms with van der Waals surface area (Å²) in [5.41, 5.74) is 5.13. The number of hydrogen-bond acceptors (Lipinski definition) is 2. The minimum Gasteiger partial charge on any atom is -0.369 e. The van der Waals surface area contributed by atoms with Crippen LogP contribution in [-0.4, -0.2) is 18.5 Å². The van der Waals surface area contributed by atoms with Crippen molar-refractivity contribution in [2.45, 2.75) is 31.7 Å². The Labute approximate surface area is 84.4 Å². The van der Waals surface area contributed by atoms with E-state index in [1.165, 1.54) is 25.7 Å². The van der Waals surface area contributed by atoms with Gasteiger partial charge in [0.05, 0.1) is 6.54 Å². The Hall–Kier alpha value is -0.570. The van der Waals surface area contributed by atoms with E-state index in [1.54, 1.807) is 0 Å². The lowest BCUT2D eigenvalue weighted by Gasteiger charge is -2.48. The second-order valence-corrected chi connectivity index (χ2v) is 5.26. The number of nitrogens with one attached hydrogen (secondary N) is 1. The van der Waals surface area contributed by atoms with Gasteiger partial charge in [-0.25, -0.2) is 0 Å². The van der Waals surface area contributed by atoms with Gasteiger partial charge < -0.3 is 11.1 Å². The molecule has 3 aliphatic carbocycles. The highest BCUT2D eigenvalue weighted by molar-refractivity contribution is 5.75. The molecule has 0 aliphatic heterocycles. The molecule has 0 aromatic carbocycles. The van der Waals surface area contributed by atoms with Crippen LogP contribution in [0.2, 0.25) is 0 Å². The summed E-state index contributed by atoms with van der Waals surface area (Å²) < 4.78 is 0. The summed E-state index contributed by atoms with van der Waals surface area (Å²) in [4.78, 5) is 10.7. The average Bonchev–Trinajstić information content (AvgIpc) is 2.59.